The van der Waals surface area contributed by atoms with E-state index in [1.54, 1.807) is 0 Å². The van der Waals surface area contributed by atoms with Crippen LogP contribution in [-0.2, 0) is 13.1 Å². The summed E-state index contributed by atoms with van der Waals surface area (Å²) in [5.74, 6) is -2.31. The van der Waals surface area contributed by atoms with E-state index in [2.05, 4.69) is 31.9 Å². The molecule has 7 nitrogen and oxygen atoms in total. The molecule has 1 saturated heterocycles. The summed E-state index contributed by atoms with van der Waals surface area (Å²) in [6.45, 7) is 8.84. The minimum Gasteiger partial charge on any atom is -0.486 e. The molecule has 6 rings (SSSR count). The van der Waals surface area contributed by atoms with Gasteiger partial charge in [-0.05, 0) is 69.5 Å². The summed E-state index contributed by atoms with van der Waals surface area (Å²) in [4.78, 5) is 27.3. The Labute approximate surface area is 232 Å². The summed E-state index contributed by atoms with van der Waals surface area (Å²) >= 11 is 0. The molecule has 5 heterocycles. The number of hydrogen-bond acceptors (Lipinski definition) is 6. The average Bonchev–Trinajstić information content (AvgIpc) is 2.95. The maximum Gasteiger partial charge on any atom is 0.202 e. The molecule has 1 aromatic carbocycles. The van der Waals surface area contributed by atoms with Gasteiger partial charge in [-0.15, -0.1) is 0 Å². The lowest BCUT2D eigenvalue weighted by Crippen LogP contribution is -2.48. The molecule has 2 aliphatic rings. The molecule has 3 aromatic heterocycles. The standard InChI is InChI=1S/C31H33F2N5O2/c1-19-6-7-24(13-35-19)36-10-4-5-25(17-36)37(14-22-8-9-34-20(2)11-22)15-23-16-38-21(3)18-40-31-28(33)27(32)12-26(29(31)38)30(23)39/h6-9,11-13,16,21,25H,4-5,10,14-15,17-18H2,1-3H3/t21-,25-/m0/s1. The minimum absolute atomic E-state index is 0.130. The Morgan fingerprint density at radius 3 is 2.73 bits per heavy atom. The number of rotatable bonds is 6. The second kappa shape index (κ2) is 10.6. The molecule has 2 atom stereocenters. The maximum atomic E-state index is 14.6. The van der Waals surface area contributed by atoms with E-state index in [4.69, 9.17) is 4.74 Å². The van der Waals surface area contributed by atoms with Crippen LogP contribution < -0.4 is 15.1 Å². The van der Waals surface area contributed by atoms with Crippen molar-refractivity contribution in [1.29, 1.82) is 0 Å². The quantitative estimate of drug-likeness (QED) is 0.327. The number of nitrogens with zero attached hydrogens (tertiary/aromatic N) is 5. The first-order valence-electron chi connectivity index (χ1n) is 13.8. The van der Waals surface area contributed by atoms with Crippen molar-refractivity contribution in [2.75, 3.05) is 24.6 Å². The van der Waals surface area contributed by atoms with Gasteiger partial charge in [0.2, 0.25) is 5.82 Å². The number of ether oxygens (including phenoxy) is 1. The van der Waals surface area contributed by atoms with Gasteiger partial charge >= 0.3 is 0 Å². The topological polar surface area (TPSA) is 63.5 Å². The van der Waals surface area contributed by atoms with E-state index in [0.717, 1.165) is 54.6 Å². The zero-order valence-electron chi connectivity index (χ0n) is 23.0. The number of hydrogen-bond donors (Lipinski definition) is 0. The fourth-order valence-corrected chi connectivity index (χ4v) is 5.97. The van der Waals surface area contributed by atoms with E-state index < -0.39 is 11.6 Å². The van der Waals surface area contributed by atoms with Gasteiger partial charge in [-0.2, -0.15) is 4.39 Å². The van der Waals surface area contributed by atoms with Gasteiger partial charge in [0.25, 0.3) is 0 Å². The molecule has 1 fully saturated rings. The molecular formula is C31H33F2N5O2. The van der Waals surface area contributed by atoms with Crippen molar-refractivity contribution in [2.24, 2.45) is 0 Å². The summed E-state index contributed by atoms with van der Waals surface area (Å²) in [5, 5.41) is 0.147. The molecule has 2 aliphatic heterocycles. The van der Waals surface area contributed by atoms with Crippen LogP contribution >= 0.6 is 0 Å². The SMILES string of the molecule is Cc1ccc(N2CCC[C@H](N(Cc3ccnc(C)c3)Cc3cn4c5c(c(F)c(F)cc5c3=O)OC[C@@H]4C)C2)cn1. The number of benzene rings is 1. The Morgan fingerprint density at radius 1 is 1.10 bits per heavy atom. The van der Waals surface area contributed by atoms with Crippen molar-refractivity contribution in [3.8, 4) is 5.75 Å². The second-order valence-corrected chi connectivity index (χ2v) is 11.1. The van der Waals surface area contributed by atoms with Crippen molar-refractivity contribution < 1.29 is 13.5 Å². The molecule has 4 aromatic rings. The van der Waals surface area contributed by atoms with Crippen LogP contribution in [-0.4, -0.2) is 45.2 Å². The number of piperidine rings is 1. The van der Waals surface area contributed by atoms with Crippen LogP contribution in [0.1, 0.15) is 48.3 Å². The highest BCUT2D eigenvalue weighted by atomic mass is 19.2. The predicted molar refractivity (Wildman–Crippen MR) is 151 cm³/mol. The van der Waals surface area contributed by atoms with E-state index in [9.17, 15) is 13.6 Å². The maximum absolute atomic E-state index is 14.6. The van der Waals surface area contributed by atoms with Crippen LogP contribution in [0.25, 0.3) is 10.9 Å². The van der Waals surface area contributed by atoms with E-state index >= 15 is 0 Å². The lowest BCUT2D eigenvalue weighted by Gasteiger charge is -2.40. The summed E-state index contributed by atoms with van der Waals surface area (Å²) in [6.07, 6.45) is 7.53. The van der Waals surface area contributed by atoms with Crippen LogP contribution in [0, 0.1) is 25.5 Å². The van der Waals surface area contributed by atoms with Crippen LogP contribution in [0.5, 0.6) is 5.75 Å². The third-order valence-electron chi connectivity index (χ3n) is 8.08. The van der Waals surface area contributed by atoms with Gasteiger partial charge in [-0.3, -0.25) is 19.7 Å². The molecule has 0 N–H and O–H groups in total. The van der Waals surface area contributed by atoms with Crippen LogP contribution in [0.3, 0.4) is 0 Å². The highest BCUT2D eigenvalue weighted by Gasteiger charge is 2.30. The van der Waals surface area contributed by atoms with E-state index in [-0.39, 0.29) is 35.3 Å². The summed E-state index contributed by atoms with van der Waals surface area (Å²) in [5.41, 5.74) is 4.69. The number of anilines is 1. The third-order valence-corrected chi connectivity index (χ3v) is 8.08. The van der Waals surface area contributed by atoms with Gasteiger partial charge in [-0.1, -0.05) is 0 Å². The first-order chi connectivity index (χ1) is 19.3. The first kappa shape index (κ1) is 26.4. The Hall–Kier alpha value is -3.85. The third kappa shape index (κ3) is 4.94. The molecule has 0 spiro atoms. The van der Waals surface area contributed by atoms with Crippen molar-refractivity contribution in [3.05, 3.63) is 93.3 Å². The van der Waals surface area contributed by atoms with Gasteiger partial charge in [-0.25, -0.2) is 4.39 Å². The minimum atomic E-state index is -1.07. The lowest BCUT2D eigenvalue weighted by molar-refractivity contribution is 0.157. The van der Waals surface area contributed by atoms with Gasteiger partial charge < -0.3 is 14.2 Å². The van der Waals surface area contributed by atoms with E-state index in [0.29, 0.717) is 24.2 Å². The normalized spacial score (nSPS) is 18.8. The Kier molecular flexibility index (Phi) is 7.00. The van der Waals surface area contributed by atoms with Gasteiger partial charge in [0.15, 0.2) is 17.0 Å². The van der Waals surface area contributed by atoms with E-state index in [1.165, 1.54) is 0 Å². The number of aromatic nitrogens is 3. The Bertz CT molecular complexity index is 1620. The molecular weight excluding hydrogens is 512 g/mol. The van der Waals surface area contributed by atoms with E-state index in [1.807, 2.05) is 56.1 Å². The van der Waals surface area contributed by atoms with Crippen molar-refractivity contribution in [2.45, 2.75) is 58.8 Å². The Balaban J connectivity index is 1.39. The molecule has 208 valence electrons. The molecule has 0 saturated carbocycles. The van der Waals surface area contributed by atoms with Crippen molar-refractivity contribution in [3.63, 3.8) is 0 Å². The largest absolute Gasteiger partial charge is 0.486 e. The number of aryl methyl sites for hydroxylation is 2. The van der Waals surface area contributed by atoms with Gasteiger partial charge in [0, 0.05) is 61.6 Å². The smallest absolute Gasteiger partial charge is 0.202 e. The molecule has 0 bridgehead atoms. The van der Waals surface area contributed by atoms with Crippen molar-refractivity contribution in [1.82, 2.24) is 19.4 Å². The second-order valence-electron chi connectivity index (χ2n) is 11.1. The molecule has 0 aliphatic carbocycles. The zero-order chi connectivity index (χ0) is 28.0. The van der Waals surface area contributed by atoms with Gasteiger partial charge in [0.05, 0.1) is 28.8 Å². The highest BCUT2D eigenvalue weighted by Crippen LogP contribution is 2.35. The molecule has 40 heavy (non-hydrogen) atoms. The van der Waals surface area contributed by atoms with Crippen molar-refractivity contribution >= 4 is 16.6 Å². The lowest BCUT2D eigenvalue weighted by atomic mass is 10.0. The average molecular weight is 546 g/mol. The summed E-state index contributed by atoms with van der Waals surface area (Å²) in [7, 11) is 0. The summed E-state index contributed by atoms with van der Waals surface area (Å²) < 4.78 is 36.5. The molecule has 0 radical (unpaired) electrons. The number of pyridine rings is 3. The molecule has 0 amide bonds. The first-order valence-corrected chi connectivity index (χ1v) is 13.8. The highest BCUT2D eigenvalue weighted by molar-refractivity contribution is 5.86. The van der Waals surface area contributed by atoms with Crippen LogP contribution in [0.15, 0.2) is 53.7 Å². The summed E-state index contributed by atoms with van der Waals surface area (Å²) in [6, 6.07) is 9.26. The predicted octanol–water partition coefficient (Wildman–Crippen LogP) is 5.31. The fourth-order valence-electron chi connectivity index (χ4n) is 5.97. The monoisotopic (exact) mass is 545 g/mol. The number of halogens is 2. The van der Waals surface area contributed by atoms with Crippen LogP contribution in [0.2, 0.25) is 0 Å². The molecule has 9 heteroatoms. The van der Waals surface area contributed by atoms with Crippen LogP contribution in [0.4, 0.5) is 14.5 Å². The Morgan fingerprint density at radius 2 is 1.95 bits per heavy atom. The molecule has 0 unspecified atom stereocenters. The zero-order valence-corrected chi connectivity index (χ0v) is 23.0. The fraction of sp³-hybridized carbons (Fsp3) is 0.387. The van der Waals surface area contributed by atoms with Gasteiger partial charge in [0.1, 0.15) is 6.61 Å².